The summed E-state index contributed by atoms with van der Waals surface area (Å²) in [5.41, 5.74) is 0.914. The quantitative estimate of drug-likeness (QED) is 0.889. The van der Waals surface area contributed by atoms with E-state index in [9.17, 15) is 4.39 Å². The van der Waals surface area contributed by atoms with E-state index in [2.05, 4.69) is 5.32 Å². The molecule has 0 radical (unpaired) electrons. The third kappa shape index (κ3) is 2.43. The molecule has 1 heterocycles. The lowest BCUT2D eigenvalue weighted by atomic mass is 9.74. The molecule has 2 nitrogen and oxygen atoms in total. The molecule has 1 aliphatic heterocycles. The first-order chi connectivity index (χ1) is 8.77. The molecular weight excluding hydrogens is 229 g/mol. The van der Waals surface area contributed by atoms with Crippen molar-refractivity contribution in [1.29, 1.82) is 0 Å². The number of halogens is 1. The topological polar surface area (TPSA) is 21.3 Å². The first kappa shape index (κ1) is 12.1. The van der Waals surface area contributed by atoms with E-state index < -0.39 is 0 Å². The second-order valence-electron chi connectivity index (χ2n) is 5.55. The Kier molecular flexibility index (Phi) is 3.35. The van der Waals surface area contributed by atoms with Gasteiger partial charge in [0.25, 0.3) is 0 Å². The molecule has 0 bridgehead atoms. The van der Waals surface area contributed by atoms with Crippen LogP contribution in [0.1, 0.15) is 37.7 Å². The molecule has 98 valence electrons. The number of benzene rings is 1. The Hall–Kier alpha value is -0.930. The van der Waals surface area contributed by atoms with Gasteiger partial charge >= 0.3 is 0 Å². The summed E-state index contributed by atoms with van der Waals surface area (Å²) in [7, 11) is 0. The third-order valence-electron chi connectivity index (χ3n) is 4.30. The number of hydrogen-bond acceptors (Lipinski definition) is 2. The summed E-state index contributed by atoms with van der Waals surface area (Å²) in [6, 6.07) is 7.46. The Balaban J connectivity index is 1.55. The molecule has 18 heavy (non-hydrogen) atoms. The molecule has 1 spiro atoms. The molecule has 3 rings (SSSR count). The summed E-state index contributed by atoms with van der Waals surface area (Å²) < 4.78 is 19.4. The highest BCUT2D eigenvalue weighted by Crippen LogP contribution is 2.42. The normalized spacial score (nSPS) is 25.9. The molecule has 3 heteroatoms. The van der Waals surface area contributed by atoms with Crippen molar-refractivity contribution in [3.8, 4) is 0 Å². The number of ether oxygens (including phenoxy) is 1. The van der Waals surface area contributed by atoms with Crippen molar-refractivity contribution >= 4 is 0 Å². The largest absolute Gasteiger partial charge is 0.375 e. The second kappa shape index (κ2) is 4.98. The Bertz CT molecular complexity index is 417. The van der Waals surface area contributed by atoms with Gasteiger partial charge < -0.3 is 10.1 Å². The van der Waals surface area contributed by atoms with Crippen LogP contribution >= 0.6 is 0 Å². The first-order valence-electron chi connectivity index (χ1n) is 6.88. The zero-order valence-corrected chi connectivity index (χ0v) is 10.6. The van der Waals surface area contributed by atoms with E-state index in [0.29, 0.717) is 12.6 Å². The summed E-state index contributed by atoms with van der Waals surface area (Å²) >= 11 is 0. The lowest BCUT2D eigenvalue weighted by Gasteiger charge is -2.47. The molecule has 1 atom stereocenters. The molecule has 1 N–H and O–H groups in total. The Morgan fingerprint density at radius 3 is 2.89 bits per heavy atom. The van der Waals surface area contributed by atoms with Gasteiger partial charge in [0.15, 0.2) is 0 Å². The lowest BCUT2D eigenvalue weighted by molar-refractivity contribution is -0.135. The van der Waals surface area contributed by atoms with E-state index in [0.717, 1.165) is 25.0 Å². The van der Waals surface area contributed by atoms with Crippen molar-refractivity contribution in [1.82, 2.24) is 5.32 Å². The van der Waals surface area contributed by atoms with Gasteiger partial charge in [0.05, 0.1) is 5.60 Å². The van der Waals surface area contributed by atoms with E-state index >= 15 is 0 Å². The Morgan fingerprint density at radius 1 is 1.33 bits per heavy atom. The maximum atomic E-state index is 13.5. The molecule has 1 aromatic rings. The fourth-order valence-corrected chi connectivity index (χ4v) is 3.02. The predicted octanol–water partition coefficient (Wildman–Crippen LogP) is 3.02. The predicted molar refractivity (Wildman–Crippen MR) is 68.8 cm³/mol. The first-order valence-corrected chi connectivity index (χ1v) is 6.88. The van der Waals surface area contributed by atoms with Gasteiger partial charge in [0, 0.05) is 24.8 Å². The van der Waals surface area contributed by atoms with E-state index in [1.54, 1.807) is 6.07 Å². The highest BCUT2D eigenvalue weighted by atomic mass is 19.1. The molecule has 1 unspecified atom stereocenters. The number of rotatable bonds is 3. The van der Waals surface area contributed by atoms with Gasteiger partial charge in [0.1, 0.15) is 5.82 Å². The SMILES string of the molecule is Fc1ccccc1CNC1CCOC2(CCC2)C1. The highest BCUT2D eigenvalue weighted by Gasteiger charge is 2.42. The average molecular weight is 249 g/mol. The smallest absolute Gasteiger partial charge is 0.127 e. The standard InChI is InChI=1S/C15H20FNO/c16-14-5-2-1-4-12(14)11-17-13-6-9-18-15(10-13)7-3-8-15/h1-2,4-5,13,17H,3,6-11H2. The summed E-state index contributed by atoms with van der Waals surface area (Å²) in [5, 5.41) is 3.48. The van der Waals surface area contributed by atoms with Crippen molar-refractivity contribution in [2.45, 2.75) is 50.3 Å². The minimum atomic E-state index is -0.115. The van der Waals surface area contributed by atoms with Crippen molar-refractivity contribution in [2.24, 2.45) is 0 Å². The second-order valence-corrected chi connectivity index (χ2v) is 5.55. The van der Waals surface area contributed by atoms with Crippen LogP contribution in [-0.2, 0) is 11.3 Å². The van der Waals surface area contributed by atoms with Gasteiger partial charge in [-0.05, 0) is 38.2 Å². The monoisotopic (exact) mass is 249 g/mol. The zero-order chi connectivity index (χ0) is 12.4. The lowest BCUT2D eigenvalue weighted by Crippen LogP contribution is -2.50. The van der Waals surface area contributed by atoms with E-state index in [1.807, 2.05) is 12.1 Å². The van der Waals surface area contributed by atoms with E-state index in [1.165, 1.54) is 25.3 Å². The van der Waals surface area contributed by atoms with Gasteiger partial charge in [-0.2, -0.15) is 0 Å². The van der Waals surface area contributed by atoms with Gasteiger partial charge in [-0.15, -0.1) is 0 Å². The van der Waals surface area contributed by atoms with Crippen LogP contribution in [0.4, 0.5) is 4.39 Å². The third-order valence-corrected chi connectivity index (χ3v) is 4.30. The van der Waals surface area contributed by atoms with Gasteiger partial charge in [-0.3, -0.25) is 0 Å². The number of hydrogen-bond donors (Lipinski definition) is 1. The van der Waals surface area contributed by atoms with E-state index in [-0.39, 0.29) is 11.4 Å². The maximum Gasteiger partial charge on any atom is 0.127 e. The van der Waals surface area contributed by atoms with E-state index in [4.69, 9.17) is 4.74 Å². The molecule has 1 saturated heterocycles. The molecule has 1 aliphatic carbocycles. The van der Waals surface area contributed by atoms with Gasteiger partial charge in [-0.1, -0.05) is 18.2 Å². The molecule has 0 amide bonds. The van der Waals surface area contributed by atoms with Crippen LogP contribution in [0.2, 0.25) is 0 Å². The summed E-state index contributed by atoms with van der Waals surface area (Å²) in [6.07, 6.45) is 5.81. The summed E-state index contributed by atoms with van der Waals surface area (Å²) in [5.74, 6) is -0.115. The van der Waals surface area contributed by atoms with Crippen LogP contribution in [0.25, 0.3) is 0 Å². The summed E-state index contributed by atoms with van der Waals surface area (Å²) in [4.78, 5) is 0. The minimum Gasteiger partial charge on any atom is -0.375 e. The highest BCUT2D eigenvalue weighted by molar-refractivity contribution is 5.17. The zero-order valence-electron chi connectivity index (χ0n) is 10.6. The average Bonchev–Trinajstić information content (AvgIpc) is 2.36. The molecule has 1 saturated carbocycles. The Labute approximate surface area is 108 Å². The van der Waals surface area contributed by atoms with Gasteiger partial charge in [-0.25, -0.2) is 4.39 Å². The van der Waals surface area contributed by atoms with Crippen LogP contribution in [-0.4, -0.2) is 18.2 Å². The van der Waals surface area contributed by atoms with Crippen molar-refractivity contribution < 1.29 is 9.13 Å². The number of nitrogens with one attached hydrogen (secondary N) is 1. The van der Waals surface area contributed by atoms with Crippen LogP contribution in [0, 0.1) is 5.82 Å². The van der Waals surface area contributed by atoms with Crippen molar-refractivity contribution in [3.63, 3.8) is 0 Å². The van der Waals surface area contributed by atoms with Crippen LogP contribution < -0.4 is 5.32 Å². The summed E-state index contributed by atoms with van der Waals surface area (Å²) in [6.45, 7) is 1.46. The fourth-order valence-electron chi connectivity index (χ4n) is 3.02. The van der Waals surface area contributed by atoms with Crippen LogP contribution in [0.15, 0.2) is 24.3 Å². The Morgan fingerprint density at radius 2 is 2.17 bits per heavy atom. The molecule has 1 aromatic carbocycles. The molecule has 2 aliphatic rings. The minimum absolute atomic E-state index is 0.115. The van der Waals surface area contributed by atoms with Crippen LogP contribution in [0.5, 0.6) is 0 Å². The maximum absolute atomic E-state index is 13.5. The van der Waals surface area contributed by atoms with Gasteiger partial charge in [0.2, 0.25) is 0 Å². The van der Waals surface area contributed by atoms with Crippen molar-refractivity contribution in [3.05, 3.63) is 35.6 Å². The molecule has 2 fully saturated rings. The fraction of sp³-hybridized carbons (Fsp3) is 0.600. The molecule has 0 aromatic heterocycles. The van der Waals surface area contributed by atoms with Crippen LogP contribution in [0.3, 0.4) is 0 Å². The molecular formula is C15H20FNO. The van der Waals surface area contributed by atoms with Crippen molar-refractivity contribution in [2.75, 3.05) is 6.61 Å².